The minimum atomic E-state index is -0.125. The molecule has 1 radical (unpaired) electrons. The second-order valence-corrected chi connectivity index (χ2v) is 11.5. The quantitative estimate of drug-likeness (QED) is 0.113. The molecule has 9 rings (SSSR count). The summed E-state index contributed by atoms with van der Waals surface area (Å²) >= 11 is 0. The number of nitrogens with zero attached hydrogens (tertiary/aromatic N) is 1. The maximum Gasteiger partial charge on any atom is 0.155 e. The van der Waals surface area contributed by atoms with Crippen LogP contribution < -0.4 is 0 Å². The molecule has 43 heavy (non-hydrogen) atoms. The summed E-state index contributed by atoms with van der Waals surface area (Å²) in [5, 5.41) is 9.53. The Morgan fingerprint density at radius 2 is 1.53 bits per heavy atom. The number of hydrogen-bond acceptors (Lipinski definition) is 3. The Balaban J connectivity index is 0.000000475. The Hall–Kier alpha value is -3.85. The number of para-hydroxylation sites is 1. The van der Waals surface area contributed by atoms with E-state index in [1.54, 1.807) is 0 Å². The molecule has 5 aromatic rings. The molecule has 0 saturated carbocycles. The molecular weight excluding hydrogens is 707 g/mol. The number of ketones is 1. The van der Waals surface area contributed by atoms with E-state index in [1.165, 1.54) is 58.9 Å². The van der Waals surface area contributed by atoms with Gasteiger partial charge in [0.2, 0.25) is 0 Å². The molecule has 0 fully saturated rings. The molecule has 4 aliphatic carbocycles. The molecule has 0 saturated heterocycles. The van der Waals surface area contributed by atoms with Gasteiger partial charge in [-0.1, -0.05) is 80.6 Å². The Labute approximate surface area is 269 Å². The van der Waals surface area contributed by atoms with Crippen molar-refractivity contribution < 1.29 is 30.0 Å². The number of carbonyl (C=O) groups is 1. The van der Waals surface area contributed by atoms with Gasteiger partial charge in [-0.15, -0.1) is 35.4 Å². The first kappa shape index (κ1) is 32.1. The zero-order chi connectivity index (χ0) is 29.6. The number of aliphatic hydroxyl groups excluding tert-OH is 1. The number of hydrogen-bond donors (Lipinski definition) is 1. The van der Waals surface area contributed by atoms with Crippen molar-refractivity contribution in [1.29, 1.82) is 0 Å². The number of fused-ring (bicyclic) bond motifs is 1. The molecule has 0 amide bonds. The predicted molar refractivity (Wildman–Crippen MR) is 174 cm³/mol. The molecule has 0 spiro atoms. The molecule has 4 aromatic carbocycles. The van der Waals surface area contributed by atoms with Crippen LogP contribution in [0.1, 0.15) is 61.4 Å². The van der Waals surface area contributed by atoms with E-state index in [9.17, 15) is 4.79 Å². The molecular formula is C39H38IrNO2-. The maximum absolute atomic E-state index is 10.0. The van der Waals surface area contributed by atoms with E-state index in [0.717, 1.165) is 47.8 Å². The smallest absolute Gasteiger partial charge is 0.155 e. The fraction of sp³-hybridized carbons (Fsp3) is 0.231. The first-order valence-electron chi connectivity index (χ1n) is 14.8. The van der Waals surface area contributed by atoms with Crippen LogP contribution in [0.25, 0.3) is 33.3 Å². The summed E-state index contributed by atoms with van der Waals surface area (Å²) < 4.78 is 0. The number of aryl methyl sites for hydroxylation is 4. The van der Waals surface area contributed by atoms with Crippen molar-refractivity contribution in [3.05, 3.63) is 137 Å². The second-order valence-electron chi connectivity index (χ2n) is 11.5. The van der Waals surface area contributed by atoms with Gasteiger partial charge in [-0.25, -0.2) is 0 Å². The van der Waals surface area contributed by atoms with Gasteiger partial charge in [-0.05, 0) is 96.0 Å². The third-order valence-electron chi connectivity index (χ3n) is 7.77. The molecule has 3 nitrogen and oxygen atoms in total. The first-order valence-corrected chi connectivity index (χ1v) is 14.8. The molecule has 1 N–H and O–H groups in total. The van der Waals surface area contributed by atoms with Gasteiger partial charge >= 0.3 is 0 Å². The van der Waals surface area contributed by atoms with Crippen molar-refractivity contribution in [1.82, 2.24) is 4.98 Å². The summed E-state index contributed by atoms with van der Waals surface area (Å²) in [5.74, 6) is 0.500. The predicted octanol–water partition coefficient (Wildman–Crippen LogP) is 9.41. The van der Waals surface area contributed by atoms with Crippen LogP contribution in [0.2, 0.25) is 0 Å². The summed E-state index contributed by atoms with van der Waals surface area (Å²) in [5.41, 5.74) is 12.9. The van der Waals surface area contributed by atoms with Crippen LogP contribution in [-0.4, -0.2) is 15.9 Å². The zero-order valence-electron chi connectivity index (χ0n) is 25.3. The van der Waals surface area contributed by atoms with E-state index in [4.69, 9.17) is 10.1 Å². The van der Waals surface area contributed by atoms with Gasteiger partial charge in [0.15, 0.2) is 5.78 Å². The van der Waals surface area contributed by atoms with Gasteiger partial charge in [-0.3, -0.25) is 9.78 Å². The number of allylic oxidation sites excluding steroid dienone is 2. The fourth-order valence-electron chi connectivity index (χ4n) is 5.68. The van der Waals surface area contributed by atoms with Crippen LogP contribution in [0.5, 0.6) is 0 Å². The average Bonchev–Trinajstić information content (AvgIpc) is 2.97. The maximum atomic E-state index is 10.0. The summed E-state index contributed by atoms with van der Waals surface area (Å²) in [6.45, 7) is 7.48. The number of aliphatic hydroxyl groups is 1. The van der Waals surface area contributed by atoms with Gasteiger partial charge < -0.3 is 5.11 Å². The standard InChI is InChI=1S/C34H30N.C5H8O2.Ir/c1-23(2)31-20-24-10-14-26(31)15-11-25-13-17-27(16-12-24)32(21-25)29-7-5-8-30(22-29)34-19-18-28-6-3-4-9-33(28)35-34;1-4(6)3-5(2)7;/h3-7,9-10,13-14,17-23H,11-12,15-16H2,1-2H3;3,6H,1-2H3;/q-1;;/b;4-3-;. The van der Waals surface area contributed by atoms with E-state index in [-0.39, 0.29) is 31.6 Å². The van der Waals surface area contributed by atoms with Crippen molar-refractivity contribution in [2.45, 2.75) is 59.3 Å². The number of aromatic nitrogens is 1. The van der Waals surface area contributed by atoms with Crippen LogP contribution in [0.3, 0.4) is 0 Å². The van der Waals surface area contributed by atoms with E-state index < -0.39 is 0 Å². The van der Waals surface area contributed by atoms with Crippen LogP contribution in [0.4, 0.5) is 0 Å². The third-order valence-corrected chi connectivity index (χ3v) is 7.77. The Bertz CT molecular complexity index is 1770. The fourth-order valence-corrected chi connectivity index (χ4v) is 5.68. The monoisotopic (exact) mass is 745 g/mol. The molecule has 4 aliphatic rings. The minimum Gasteiger partial charge on any atom is -0.512 e. The van der Waals surface area contributed by atoms with Crippen molar-refractivity contribution in [2.24, 2.45) is 0 Å². The van der Waals surface area contributed by atoms with Gasteiger partial charge in [0.25, 0.3) is 0 Å². The van der Waals surface area contributed by atoms with Crippen LogP contribution >= 0.6 is 0 Å². The zero-order valence-corrected chi connectivity index (χ0v) is 27.7. The normalized spacial score (nSPS) is 12.6. The van der Waals surface area contributed by atoms with E-state index >= 15 is 0 Å². The minimum absolute atomic E-state index is 0. The topological polar surface area (TPSA) is 50.2 Å². The van der Waals surface area contributed by atoms with Crippen LogP contribution in [0.15, 0.2) is 103 Å². The Morgan fingerprint density at radius 1 is 0.837 bits per heavy atom. The SMILES string of the molecule is CC(=O)/C=C(/C)O.CC(C)c1cc2ccc1CCc1ccc(c(-c3cc[c-]c(-c4ccc5ccccc5n4)c3)c1)CC2.[Ir]. The average molecular weight is 745 g/mol. The molecule has 221 valence electrons. The summed E-state index contributed by atoms with van der Waals surface area (Å²) in [7, 11) is 0. The van der Waals surface area contributed by atoms with E-state index in [2.05, 4.69) is 98.8 Å². The van der Waals surface area contributed by atoms with Gasteiger partial charge in [-0.2, -0.15) is 0 Å². The largest absolute Gasteiger partial charge is 0.512 e. The summed E-state index contributed by atoms with van der Waals surface area (Å²) in [6.07, 6.45) is 5.41. The number of benzene rings is 4. The number of rotatable bonds is 4. The van der Waals surface area contributed by atoms with Gasteiger partial charge in [0, 0.05) is 26.2 Å². The van der Waals surface area contributed by atoms with Crippen molar-refractivity contribution in [3.63, 3.8) is 0 Å². The molecule has 4 heteroatoms. The van der Waals surface area contributed by atoms with E-state index in [0.29, 0.717) is 5.92 Å². The van der Waals surface area contributed by atoms with Crippen molar-refractivity contribution in [3.8, 4) is 22.4 Å². The summed E-state index contributed by atoms with van der Waals surface area (Å²) in [6, 6.07) is 36.8. The molecule has 1 aromatic heterocycles. The van der Waals surface area contributed by atoms with Crippen molar-refractivity contribution >= 4 is 16.7 Å². The molecule has 0 aliphatic heterocycles. The Kier molecular flexibility index (Phi) is 10.9. The molecule has 4 bridgehead atoms. The number of carbonyl (C=O) groups excluding carboxylic acids is 1. The third kappa shape index (κ3) is 8.16. The van der Waals surface area contributed by atoms with Gasteiger partial charge in [0.05, 0.1) is 11.3 Å². The first-order chi connectivity index (χ1) is 20.3. The summed E-state index contributed by atoms with van der Waals surface area (Å²) in [4.78, 5) is 14.9. The Morgan fingerprint density at radius 3 is 2.23 bits per heavy atom. The second kappa shape index (κ2) is 14.6. The number of pyridine rings is 1. The molecule has 0 atom stereocenters. The van der Waals surface area contributed by atoms with E-state index in [1.807, 2.05) is 12.1 Å². The van der Waals surface area contributed by atoms with Crippen molar-refractivity contribution in [2.75, 3.05) is 0 Å². The molecule has 1 heterocycles. The van der Waals surface area contributed by atoms with Crippen LogP contribution in [0, 0.1) is 6.07 Å². The van der Waals surface area contributed by atoms with Gasteiger partial charge in [0.1, 0.15) is 0 Å². The van der Waals surface area contributed by atoms with Crippen LogP contribution in [-0.2, 0) is 50.6 Å². The molecule has 0 unspecified atom stereocenters.